The lowest BCUT2D eigenvalue weighted by atomic mass is 9.97. The molecule has 2 saturated heterocycles. The molecule has 1 unspecified atom stereocenters. The number of nitrogen functional groups attached to an aromatic ring is 1. The quantitative estimate of drug-likeness (QED) is 0.842. The summed E-state index contributed by atoms with van der Waals surface area (Å²) in [6, 6.07) is 5.89. The summed E-state index contributed by atoms with van der Waals surface area (Å²) in [6.45, 7) is 5.38. The first-order valence-electron chi connectivity index (χ1n) is 7.37. The van der Waals surface area contributed by atoms with E-state index in [0.29, 0.717) is 11.3 Å². The number of ether oxygens (including phenoxy) is 3. The van der Waals surface area contributed by atoms with Crippen LogP contribution in [0.1, 0.15) is 32.6 Å². The molecule has 0 radical (unpaired) electrons. The smallest absolute Gasteiger partial charge is 0.181 e. The molecule has 4 rings (SSSR count). The van der Waals surface area contributed by atoms with Crippen molar-refractivity contribution in [3.05, 3.63) is 24.2 Å². The highest BCUT2D eigenvalue weighted by atomic mass is 16.8. The minimum absolute atomic E-state index is 0.382. The van der Waals surface area contributed by atoms with Gasteiger partial charge in [0.25, 0.3) is 0 Å². The molecule has 0 aromatic carbocycles. The zero-order valence-electron chi connectivity index (χ0n) is 13.1. The van der Waals surface area contributed by atoms with E-state index in [2.05, 4.69) is 16.2 Å². The average Bonchev–Trinajstić information content (AvgIpc) is 3.12. The van der Waals surface area contributed by atoms with Crippen LogP contribution in [0.2, 0.25) is 0 Å². The number of hydrogen-bond acceptors (Lipinski definition) is 7. The lowest BCUT2D eigenvalue weighted by molar-refractivity contribution is -0.197. The minimum Gasteiger partial charge on any atom is -0.382 e. The maximum Gasteiger partial charge on any atom is 0.181 e. The third-order valence-corrected chi connectivity index (χ3v) is 4.37. The van der Waals surface area contributed by atoms with Gasteiger partial charge in [-0.1, -0.05) is 0 Å². The van der Waals surface area contributed by atoms with Crippen LogP contribution in [0.5, 0.6) is 0 Å². The topological polar surface area (TPSA) is 108 Å². The average molecular weight is 315 g/mol. The summed E-state index contributed by atoms with van der Waals surface area (Å²) in [5, 5.41) is 13.8. The standard InChI is InChI=1S/C15H17N5O3/c1-14(2)21-11-10(22-15(3,6-16)12(11)23-14)8-4-5-9-13(17)18-7-19-20(8)9/h4-5,7,10-12H,1-3H3,(H2,17,18,19)/t10?,11-,12-,15+/m0/s1. The molecular weight excluding hydrogens is 298 g/mol. The van der Waals surface area contributed by atoms with Crippen LogP contribution in [0.25, 0.3) is 5.52 Å². The second-order valence-electron chi connectivity index (χ2n) is 6.48. The highest BCUT2D eigenvalue weighted by molar-refractivity contribution is 5.65. The molecule has 2 fully saturated rings. The van der Waals surface area contributed by atoms with E-state index in [1.807, 2.05) is 26.0 Å². The fourth-order valence-corrected chi connectivity index (χ4v) is 3.34. The molecule has 8 heteroatoms. The molecule has 2 aliphatic heterocycles. The highest BCUT2D eigenvalue weighted by Gasteiger charge is 2.62. The van der Waals surface area contributed by atoms with Crippen molar-refractivity contribution in [2.75, 3.05) is 5.73 Å². The number of rotatable bonds is 1. The predicted octanol–water partition coefficient (Wildman–Crippen LogP) is 1.19. The molecule has 0 saturated carbocycles. The van der Waals surface area contributed by atoms with Crippen molar-refractivity contribution in [1.82, 2.24) is 14.6 Å². The Morgan fingerprint density at radius 1 is 1.26 bits per heavy atom. The number of nitrogens with two attached hydrogens (primary N) is 1. The summed E-state index contributed by atoms with van der Waals surface area (Å²) in [4.78, 5) is 3.98. The largest absolute Gasteiger partial charge is 0.382 e. The fourth-order valence-electron chi connectivity index (χ4n) is 3.34. The van der Waals surface area contributed by atoms with Gasteiger partial charge in [0.15, 0.2) is 17.2 Å². The molecule has 4 atom stereocenters. The van der Waals surface area contributed by atoms with Gasteiger partial charge in [0, 0.05) is 0 Å². The van der Waals surface area contributed by atoms with Crippen LogP contribution in [0.3, 0.4) is 0 Å². The minimum atomic E-state index is -1.09. The van der Waals surface area contributed by atoms with Gasteiger partial charge >= 0.3 is 0 Å². The van der Waals surface area contributed by atoms with E-state index in [-0.39, 0.29) is 0 Å². The van der Waals surface area contributed by atoms with Crippen LogP contribution >= 0.6 is 0 Å². The summed E-state index contributed by atoms with van der Waals surface area (Å²) in [5.74, 6) is -0.385. The number of nitriles is 1. The summed E-state index contributed by atoms with van der Waals surface area (Å²) in [5.41, 5.74) is 6.23. The van der Waals surface area contributed by atoms with Crippen molar-refractivity contribution in [2.24, 2.45) is 0 Å². The van der Waals surface area contributed by atoms with Crippen LogP contribution in [0.15, 0.2) is 18.5 Å². The third-order valence-electron chi connectivity index (χ3n) is 4.37. The zero-order chi connectivity index (χ0) is 16.4. The van der Waals surface area contributed by atoms with Crippen LogP contribution in [0, 0.1) is 11.3 Å². The van der Waals surface area contributed by atoms with Crippen molar-refractivity contribution in [2.45, 2.75) is 50.5 Å². The molecule has 120 valence electrons. The Morgan fingerprint density at radius 3 is 2.78 bits per heavy atom. The maximum absolute atomic E-state index is 9.55. The molecule has 4 heterocycles. The van der Waals surface area contributed by atoms with Gasteiger partial charge < -0.3 is 19.9 Å². The molecule has 2 aromatic heterocycles. The Hall–Kier alpha value is -2.21. The summed E-state index contributed by atoms with van der Waals surface area (Å²) < 4.78 is 19.6. The molecule has 2 N–H and O–H groups in total. The van der Waals surface area contributed by atoms with Gasteiger partial charge in [0.2, 0.25) is 0 Å². The normalized spacial score (nSPS) is 35.3. The SMILES string of the molecule is CC1(C)O[C@H]2C(c3ccc4c(N)ncnn34)O[C@](C)(C#N)[C@H]2O1. The lowest BCUT2D eigenvalue weighted by Gasteiger charge is -2.26. The Balaban J connectivity index is 1.82. The van der Waals surface area contributed by atoms with Gasteiger partial charge in [-0.25, -0.2) is 9.50 Å². The van der Waals surface area contributed by atoms with Crippen molar-refractivity contribution < 1.29 is 14.2 Å². The molecule has 0 amide bonds. The Morgan fingerprint density at radius 2 is 2.04 bits per heavy atom. The number of aromatic nitrogens is 3. The van der Waals surface area contributed by atoms with Gasteiger partial charge in [-0.15, -0.1) is 0 Å². The molecule has 0 aliphatic carbocycles. The van der Waals surface area contributed by atoms with Crippen LogP contribution in [-0.4, -0.2) is 38.2 Å². The van der Waals surface area contributed by atoms with Crippen LogP contribution in [-0.2, 0) is 14.2 Å². The second-order valence-corrected chi connectivity index (χ2v) is 6.48. The zero-order valence-corrected chi connectivity index (χ0v) is 13.1. The second kappa shape index (κ2) is 4.41. The van der Waals surface area contributed by atoms with Gasteiger partial charge in [-0.05, 0) is 32.9 Å². The van der Waals surface area contributed by atoms with E-state index in [9.17, 15) is 5.26 Å². The third kappa shape index (κ3) is 1.94. The number of nitrogens with zero attached hydrogens (tertiary/aromatic N) is 4. The molecule has 0 spiro atoms. The van der Waals surface area contributed by atoms with Gasteiger partial charge in [0.05, 0.1) is 5.69 Å². The van der Waals surface area contributed by atoms with Crippen LogP contribution in [0.4, 0.5) is 5.82 Å². The number of fused-ring (bicyclic) bond motifs is 2. The van der Waals surface area contributed by atoms with E-state index in [1.54, 1.807) is 11.4 Å². The molecule has 23 heavy (non-hydrogen) atoms. The predicted molar refractivity (Wildman–Crippen MR) is 79.1 cm³/mol. The summed E-state index contributed by atoms with van der Waals surface area (Å²) >= 11 is 0. The van der Waals surface area contributed by atoms with E-state index >= 15 is 0 Å². The summed E-state index contributed by atoms with van der Waals surface area (Å²) in [7, 11) is 0. The highest BCUT2D eigenvalue weighted by Crippen LogP contribution is 2.49. The van der Waals surface area contributed by atoms with Crippen molar-refractivity contribution in [1.29, 1.82) is 5.26 Å². The van der Waals surface area contributed by atoms with Crippen LogP contribution < -0.4 is 5.73 Å². The summed E-state index contributed by atoms with van der Waals surface area (Å²) in [6.07, 6.45) is 0.0296. The van der Waals surface area contributed by atoms with Crippen molar-refractivity contribution in [3.63, 3.8) is 0 Å². The van der Waals surface area contributed by atoms with Gasteiger partial charge in [0.1, 0.15) is 36.2 Å². The van der Waals surface area contributed by atoms with Crippen molar-refractivity contribution >= 4 is 11.3 Å². The fraction of sp³-hybridized carbons (Fsp3) is 0.533. The molecular formula is C15H17N5O3. The lowest BCUT2D eigenvalue weighted by Crippen LogP contribution is -2.39. The number of anilines is 1. The number of hydrogen-bond donors (Lipinski definition) is 1. The molecule has 2 aromatic rings. The first kappa shape index (κ1) is 14.4. The Bertz CT molecular complexity index is 826. The molecule has 0 bridgehead atoms. The van der Waals surface area contributed by atoms with E-state index < -0.39 is 29.7 Å². The molecule has 2 aliphatic rings. The Labute approximate surface area is 132 Å². The Kier molecular flexibility index (Phi) is 2.76. The van der Waals surface area contributed by atoms with Gasteiger partial charge in [-0.2, -0.15) is 10.4 Å². The first-order valence-corrected chi connectivity index (χ1v) is 7.37. The first-order chi connectivity index (χ1) is 10.8. The van der Waals surface area contributed by atoms with Crippen molar-refractivity contribution in [3.8, 4) is 6.07 Å². The monoisotopic (exact) mass is 315 g/mol. The van der Waals surface area contributed by atoms with Gasteiger partial charge in [-0.3, -0.25) is 0 Å². The van der Waals surface area contributed by atoms with E-state index in [1.165, 1.54) is 6.33 Å². The molecule has 8 nitrogen and oxygen atoms in total. The maximum atomic E-state index is 9.55. The van der Waals surface area contributed by atoms with E-state index in [4.69, 9.17) is 19.9 Å². The van der Waals surface area contributed by atoms with E-state index in [0.717, 1.165) is 5.69 Å².